The number of benzene rings is 1. The fourth-order valence-corrected chi connectivity index (χ4v) is 4.94. The van der Waals surface area contributed by atoms with Crippen molar-refractivity contribution < 1.29 is 13.9 Å². The van der Waals surface area contributed by atoms with Crippen LogP contribution in [0.4, 0.5) is 4.39 Å². The molecule has 2 aliphatic rings. The highest BCUT2D eigenvalue weighted by molar-refractivity contribution is 5.72. The number of carbonyl (C=O) groups is 1. The van der Waals surface area contributed by atoms with Gasteiger partial charge in [-0.25, -0.2) is 4.39 Å². The van der Waals surface area contributed by atoms with Crippen LogP contribution in [0.3, 0.4) is 0 Å². The summed E-state index contributed by atoms with van der Waals surface area (Å²) in [5, 5.41) is 17.3. The minimum Gasteiger partial charge on any atom is -0.462 e. The first kappa shape index (κ1) is 23.7. The van der Waals surface area contributed by atoms with Gasteiger partial charge in [0, 0.05) is 6.08 Å². The Hall–Kier alpha value is -2.92. The van der Waals surface area contributed by atoms with E-state index in [2.05, 4.69) is 6.08 Å². The zero-order valence-corrected chi connectivity index (χ0v) is 18.5. The highest BCUT2D eigenvalue weighted by atomic mass is 19.1. The Labute approximate surface area is 190 Å². The minimum atomic E-state index is -0.464. The molecule has 4 nitrogen and oxygen atoms in total. The summed E-state index contributed by atoms with van der Waals surface area (Å²) in [5.41, 5.74) is 0.993. The summed E-state index contributed by atoms with van der Waals surface area (Å²) in [4.78, 5) is 12.7. The molecule has 0 bridgehead atoms. The summed E-state index contributed by atoms with van der Waals surface area (Å²) in [7, 11) is 0. The van der Waals surface area contributed by atoms with Gasteiger partial charge >= 0.3 is 5.97 Å². The van der Waals surface area contributed by atoms with Crippen molar-refractivity contribution in [2.75, 3.05) is 0 Å². The summed E-state index contributed by atoms with van der Waals surface area (Å²) in [6.07, 6.45) is 16.7. The average molecular weight is 435 g/mol. The van der Waals surface area contributed by atoms with E-state index in [0.29, 0.717) is 5.92 Å². The molecule has 0 heterocycles. The molecule has 0 unspecified atom stereocenters. The van der Waals surface area contributed by atoms with E-state index in [4.69, 9.17) is 15.3 Å². The van der Waals surface area contributed by atoms with E-state index in [1.807, 2.05) is 24.3 Å². The maximum Gasteiger partial charge on any atom is 0.309 e. The van der Waals surface area contributed by atoms with Crippen LogP contribution in [0.15, 0.2) is 42.5 Å². The highest BCUT2D eigenvalue weighted by Crippen LogP contribution is 2.37. The van der Waals surface area contributed by atoms with E-state index in [-0.39, 0.29) is 29.5 Å². The van der Waals surface area contributed by atoms with Gasteiger partial charge in [-0.1, -0.05) is 24.3 Å². The van der Waals surface area contributed by atoms with Gasteiger partial charge in [-0.15, -0.1) is 0 Å². The van der Waals surface area contributed by atoms with Crippen LogP contribution in [0.2, 0.25) is 0 Å². The first-order valence-electron chi connectivity index (χ1n) is 11.7. The number of halogens is 1. The minimum absolute atomic E-state index is 0.0400. The highest BCUT2D eigenvalue weighted by Gasteiger charge is 2.31. The lowest BCUT2D eigenvalue weighted by Crippen LogP contribution is -2.29. The van der Waals surface area contributed by atoms with Crippen molar-refractivity contribution >= 4 is 5.97 Å². The third kappa shape index (κ3) is 6.79. The smallest absolute Gasteiger partial charge is 0.309 e. The monoisotopic (exact) mass is 434 g/mol. The van der Waals surface area contributed by atoms with E-state index in [9.17, 15) is 9.18 Å². The summed E-state index contributed by atoms with van der Waals surface area (Å²) >= 11 is 0. The van der Waals surface area contributed by atoms with E-state index < -0.39 is 5.82 Å². The normalized spacial score (nSPS) is 26.0. The molecule has 1 aromatic carbocycles. The Morgan fingerprint density at radius 2 is 1.81 bits per heavy atom. The Kier molecular flexibility index (Phi) is 9.05. The van der Waals surface area contributed by atoms with Gasteiger partial charge in [0.25, 0.3) is 0 Å². The predicted molar refractivity (Wildman–Crippen MR) is 121 cm³/mol. The third-order valence-corrected chi connectivity index (χ3v) is 6.88. The van der Waals surface area contributed by atoms with Gasteiger partial charge in [0.2, 0.25) is 0 Å². The lowest BCUT2D eigenvalue weighted by atomic mass is 9.78. The molecule has 0 atom stereocenters. The molecule has 0 aromatic heterocycles. The van der Waals surface area contributed by atoms with E-state index in [1.165, 1.54) is 12.1 Å². The number of carbonyl (C=O) groups excluding carboxylic acids is 1. The molecule has 0 amide bonds. The number of hydrogen-bond donors (Lipinski definition) is 0. The van der Waals surface area contributed by atoms with E-state index >= 15 is 0 Å². The van der Waals surface area contributed by atoms with Crippen molar-refractivity contribution in [3.05, 3.63) is 59.4 Å². The zero-order chi connectivity index (χ0) is 22.8. The van der Waals surface area contributed by atoms with Crippen LogP contribution in [0.25, 0.3) is 0 Å². The molecule has 2 saturated carbocycles. The van der Waals surface area contributed by atoms with Gasteiger partial charge < -0.3 is 4.74 Å². The molecule has 0 aliphatic heterocycles. The largest absolute Gasteiger partial charge is 0.462 e. The van der Waals surface area contributed by atoms with Gasteiger partial charge in [0.15, 0.2) is 0 Å². The lowest BCUT2D eigenvalue weighted by Gasteiger charge is -2.31. The van der Waals surface area contributed by atoms with Crippen molar-refractivity contribution in [2.45, 2.75) is 76.2 Å². The standard InChI is InChI=1S/C27H31FN2O2/c28-26-18-23(13-14-24(26)19-30)21-9-11-22(12-10-21)27(31)32-25-15-7-20(8-16-25)6-4-2-1-3-5-17-29/h1-3,5,13-14,18,20-22,25H,4,6-12,15-16H2/b2-1+,5-3?. The Morgan fingerprint density at radius 1 is 1.06 bits per heavy atom. The molecule has 0 saturated heterocycles. The third-order valence-electron chi connectivity index (χ3n) is 6.88. The number of allylic oxidation sites excluding steroid dienone is 4. The molecule has 2 aliphatic carbocycles. The molecule has 0 radical (unpaired) electrons. The fraction of sp³-hybridized carbons (Fsp3) is 0.519. The van der Waals surface area contributed by atoms with E-state index in [0.717, 1.165) is 69.8 Å². The second-order valence-electron chi connectivity index (χ2n) is 8.97. The van der Waals surface area contributed by atoms with Crippen LogP contribution in [0.1, 0.15) is 81.3 Å². The molecule has 168 valence electrons. The quantitative estimate of drug-likeness (QED) is 0.279. The molecule has 0 spiro atoms. The first-order valence-corrected chi connectivity index (χ1v) is 11.7. The number of esters is 1. The molecule has 0 N–H and O–H groups in total. The fourth-order valence-electron chi connectivity index (χ4n) is 4.94. The molecule has 32 heavy (non-hydrogen) atoms. The number of nitriles is 2. The second-order valence-corrected chi connectivity index (χ2v) is 8.97. The van der Waals surface area contributed by atoms with Gasteiger partial charge in [0.1, 0.15) is 18.0 Å². The number of nitrogens with zero attached hydrogens (tertiary/aromatic N) is 2. The topological polar surface area (TPSA) is 73.9 Å². The van der Waals surface area contributed by atoms with Crippen molar-refractivity contribution in [2.24, 2.45) is 11.8 Å². The van der Waals surface area contributed by atoms with Crippen LogP contribution in [0, 0.1) is 40.3 Å². The molecular formula is C27H31FN2O2. The molecule has 2 fully saturated rings. The lowest BCUT2D eigenvalue weighted by molar-refractivity contribution is -0.157. The van der Waals surface area contributed by atoms with Crippen LogP contribution in [-0.4, -0.2) is 12.1 Å². The van der Waals surface area contributed by atoms with E-state index in [1.54, 1.807) is 12.1 Å². The van der Waals surface area contributed by atoms with Gasteiger partial charge in [-0.2, -0.15) is 10.5 Å². The van der Waals surface area contributed by atoms with Crippen molar-refractivity contribution in [3.8, 4) is 12.1 Å². The van der Waals surface area contributed by atoms with Crippen molar-refractivity contribution in [1.29, 1.82) is 10.5 Å². The molecular weight excluding hydrogens is 403 g/mol. The molecule has 5 heteroatoms. The molecule has 1 aromatic rings. The Balaban J connectivity index is 1.36. The number of ether oxygens (including phenoxy) is 1. The van der Waals surface area contributed by atoms with Crippen LogP contribution in [0.5, 0.6) is 0 Å². The summed E-state index contributed by atoms with van der Waals surface area (Å²) in [5.74, 6) is 0.330. The maximum absolute atomic E-state index is 13.9. The Morgan fingerprint density at radius 3 is 2.47 bits per heavy atom. The maximum atomic E-state index is 13.9. The predicted octanol–water partition coefficient (Wildman–Crippen LogP) is 6.49. The number of rotatable bonds is 7. The van der Waals surface area contributed by atoms with Crippen LogP contribution < -0.4 is 0 Å². The summed E-state index contributed by atoms with van der Waals surface area (Å²) < 4.78 is 19.8. The summed E-state index contributed by atoms with van der Waals surface area (Å²) in [6, 6.07) is 8.68. The zero-order valence-electron chi connectivity index (χ0n) is 18.5. The average Bonchev–Trinajstić information content (AvgIpc) is 2.82. The molecule has 3 rings (SSSR count). The van der Waals surface area contributed by atoms with Crippen molar-refractivity contribution in [1.82, 2.24) is 0 Å². The van der Waals surface area contributed by atoms with Gasteiger partial charge in [-0.05, 0) is 93.7 Å². The van der Waals surface area contributed by atoms with Crippen LogP contribution in [-0.2, 0) is 9.53 Å². The Bertz CT molecular complexity index is 909. The number of hydrogen-bond acceptors (Lipinski definition) is 4. The van der Waals surface area contributed by atoms with Crippen molar-refractivity contribution in [3.63, 3.8) is 0 Å². The van der Waals surface area contributed by atoms with Crippen LogP contribution >= 0.6 is 0 Å². The SMILES string of the molecule is N#CC=C/C=C/CCC1CCC(OC(=O)C2CCC(c3ccc(C#N)c(F)c3)CC2)CC1. The second kappa shape index (κ2) is 12.2. The van der Waals surface area contributed by atoms with Gasteiger partial charge in [-0.3, -0.25) is 4.79 Å². The summed E-state index contributed by atoms with van der Waals surface area (Å²) in [6.45, 7) is 0. The first-order chi connectivity index (χ1) is 15.6. The van der Waals surface area contributed by atoms with Gasteiger partial charge in [0.05, 0.1) is 17.6 Å².